The van der Waals surface area contributed by atoms with Gasteiger partial charge in [0.15, 0.2) is 0 Å². The molecule has 4 nitrogen and oxygen atoms in total. The molecule has 0 aliphatic heterocycles. The fourth-order valence-corrected chi connectivity index (χ4v) is 2.54. The van der Waals surface area contributed by atoms with Crippen LogP contribution < -0.4 is 0 Å². The third kappa shape index (κ3) is 3.12. The van der Waals surface area contributed by atoms with Crippen molar-refractivity contribution in [2.45, 2.75) is 38.9 Å². The normalized spacial score (nSPS) is 13.0. The minimum Gasteiger partial charge on any atom is -0.507 e. The number of aromatic hydroxyl groups is 2. The van der Waals surface area contributed by atoms with Gasteiger partial charge in [0.2, 0.25) is 0 Å². The number of fused-ring (bicyclic) bond motifs is 1. The molecule has 0 aromatic heterocycles. The molecule has 1 atom stereocenters. The summed E-state index contributed by atoms with van der Waals surface area (Å²) in [6.45, 7) is 3.78. The van der Waals surface area contributed by atoms with Gasteiger partial charge in [-0.05, 0) is 18.9 Å². The van der Waals surface area contributed by atoms with Crippen molar-refractivity contribution in [3.05, 3.63) is 35.9 Å². The summed E-state index contributed by atoms with van der Waals surface area (Å²) in [5, 5.41) is 31.3. The van der Waals surface area contributed by atoms with Gasteiger partial charge in [-0.3, -0.25) is 0 Å². The summed E-state index contributed by atoms with van der Waals surface area (Å²) in [5.41, 5.74) is 0.417. The fourth-order valence-electron chi connectivity index (χ4n) is 2.54. The lowest BCUT2D eigenvalue weighted by molar-refractivity contribution is -0.0446. The first-order chi connectivity index (χ1) is 10.1. The molecule has 2 rings (SSSR count). The Morgan fingerprint density at radius 3 is 2.24 bits per heavy atom. The van der Waals surface area contributed by atoms with Crippen molar-refractivity contribution in [3.8, 4) is 11.5 Å². The lowest BCUT2D eigenvalue weighted by Gasteiger charge is -2.23. The van der Waals surface area contributed by atoms with E-state index >= 15 is 0 Å². The maximum Gasteiger partial charge on any atom is 0.129 e. The molecular weight excluding hydrogens is 268 g/mol. The molecule has 0 saturated heterocycles. The minimum absolute atomic E-state index is 0.00941. The van der Waals surface area contributed by atoms with Crippen LogP contribution in [0, 0.1) is 0 Å². The maximum absolute atomic E-state index is 10.4. The van der Waals surface area contributed by atoms with Crippen molar-refractivity contribution < 1.29 is 20.1 Å². The third-order valence-corrected chi connectivity index (χ3v) is 3.80. The Bertz CT molecular complexity index is 605. The first-order valence-electron chi connectivity index (χ1n) is 7.32. The van der Waals surface area contributed by atoms with Crippen LogP contribution in [0.2, 0.25) is 0 Å². The van der Waals surface area contributed by atoms with E-state index in [9.17, 15) is 15.3 Å². The van der Waals surface area contributed by atoms with E-state index in [-0.39, 0.29) is 24.2 Å². The highest BCUT2D eigenvalue weighted by atomic mass is 16.5. The van der Waals surface area contributed by atoms with Crippen LogP contribution in [-0.4, -0.2) is 28.0 Å². The number of aliphatic hydroxyl groups excluding tert-OH is 1. The molecule has 0 fully saturated rings. The number of phenolic OH excluding ortho intramolecular Hbond substituents is 2. The molecule has 0 aliphatic carbocycles. The quantitative estimate of drug-likeness (QED) is 0.712. The predicted octanol–water partition coefficient (Wildman–Crippen LogP) is 3.49. The molecule has 0 heterocycles. The molecular formula is C17H22O4. The van der Waals surface area contributed by atoms with E-state index in [1.54, 1.807) is 24.3 Å². The van der Waals surface area contributed by atoms with Crippen LogP contribution in [0.15, 0.2) is 30.3 Å². The van der Waals surface area contributed by atoms with Crippen molar-refractivity contribution in [2.24, 2.45) is 0 Å². The van der Waals surface area contributed by atoms with Crippen LogP contribution in [0.3, 0.4) is 0 Å². The second-order valence-corrected chi connectivity index (χ2v) is 5.12. The van der Waals surface area contributed by atoms with Crippen molar-refractivity contribution in [3.63, 3.8) is 0 Å². The van der Waals surface area contributed by atoms with Gasteiger partial charge in [0.25, 0.3) is 0 Å². The number of aliphatic hydroxyl groups is 1. The molecule has 0 saturated carbocycles. The molecule has 3 N–H and O–H groups in total. The Balaban J connectivity index is 2.46. The van der Waals surface area contributed by atoms with Gasteiger partial charge < -0.3 is 20.1 Å². The fraction of sp³-hybridized carbons (Fsp3) is 0.412. The Morgan fingerprint density at radius 2 is 1.67 bits per heavy atom. The van der Waals surface area contributed by atoms with Crippen LogP contribution in [0.1, 0.15) is 38.4 Å². The zero-order chi connectivity index (χ0) is 15.4. The summed E-state index contributed by atoms with van der Waals surface area (Å²) in [7, 11) is 0. The first kappa shape index (κ1) is 15.6. The molecule has 4 heteroatoms. The second kappa shape index (κ2) is 6.78. The van der Waals surface area contributed by atoms with E-state index in [4.69, 9.17) is 4.74 Å². The Morgan fingerprint density at radius 1 is 1.05 bits per heavy atom. The van der Waals surface area contributed by atoms with Gasteiger partial charge in [0.05, 0.1) is 12.7 Å². The van der Waals surface area contributed by atoms with Crippen LogP contribution in [-0.2, 0) is 4.74 Å². The average molecular weight is 290 g/mol. The summed E-state index contributed by atoms with van der Waals surface area (Å²) >= 11 is 0. The second-order valence-electron chi connectivity index (χ2n) is 5.12. The number of hydrogen-bond acceptors (Lipinski definition) is 4. The van der Waals surface area contributed by atoms with Crippen molar-refractivity contribution >= 4 is 10.8 Å². The third-order valence-electron chi connectivity index (χ3n) is 3.80. The molecule has 2 aromatic rings. The highest BCUT2D eigenvalue weighted by Crippen LogP contribution is 2.39. The molecule has 114 valence electrons. The SMILES string of the molecule is CCC(CC)O[C@@H](CO)c1cc(O)c2ccccc2c1O. The summed E-state index contributed by atoms with van der Waals surface area (Å²) < 4.78 is 5.85. The highest BCUT2D eigenvalue weighted by molar-refractivity contribution is 5.94. The Labute approximate surface area is 124 Å². The van der Waals surface area contributed by atoms with E-state index in [0.29, 0.717) is 16.3 Å². The van der Waals surface area contributed by atoms with E-state index in [1.165, 1.54) is 6.07 Å². The van der Waals surface area contributed by atoms with Crippen molar-refractivity contribution in [1.82, 2.24) is 0 Å². The standard InChI is InChI=1S/C17H22O4/c1-3-11(4-2)21-16(10-18)14-9-15(19)12-7-5-6-8-13(12)17(14)20/h5-9,11,16,18-20H,3-4,10H2,1-2H3/t16-/m0/s1. The predicted molar refractivity (Wildman–Crippen MR) is 82.6 cm³/mol. The lowest BCUT2D eigenvalue weighted by Crippen LogP contribution is -2.18. The summed E-state index contributed by atoms with van der Waals surface area (Å²) in [5.74, 6) is 0.124. The van der Waals surface area contributed by atoms with E-state index in [1.807, 2.05) is 13.8 Å². The number of hydrogen-bond donors (Lipinski definition) is 3. The maximum atomic E-state index is 10.4. The Kier molecular flexibility index (Phi) is 5.04. The average Bonchev–Trinajstić information content (AvgIpc) is 2.53. The van der Waals surface area contributed by atoms with Gasteiger partial charge in [0.1, 0.15) is 17.6 Å². The number of ether oxygens (including phenoxy) is 1. The highest BCUT2D eigenvalue weighted by Gasteiger charge is 2.21. The number of phenols is 2. The van der Waals surface area contributed by atoms with Gasteiger partial charge in [0, 0.05) is 16.3 Å². The largest absolute Gasteiger partial charge is 0.507 e. The van der Waals surface area contributed by atoms with E-state index in [2.05, 4.69) is 0 Å². The molecule has 0 bridgehead atoms. The first-order valence-corrected chi connectivity index (χ1v) is 7.32. The Hall–Kier alpha value is -1.78. The number of rotatable bonds is 6. The van der Waals surface area contributed by atoms with Gasteiger partial charge in [-0.1, -0.05) is 38.1 Å². The van der Waals surface area contributed by atoms with Crippen molar-refractivity contribution in [2.75, 3.05) is 6.61 Å². The lowest BCUT2D eigenvalue weighted by atomic mass is 10.0. The molecule has 0 amide bonds. The van der Waals surface area contributed by atoms with E-state index in [0.717, 1.165) is 12.8 Å². The molecule has 0 unspecified atom stereocenters. The van der Waals surface area contributed by atoms with Crippen LogP contribution in [0.5, 0.6) is 11.5 Å². The summed E-state index contributed by atoms with van der Waals surface area (Å²) in [6, 6.07) is 8.54. The van der Waals surface area contributed by atoms with E-state index < -0.39 is 6.10 Å². The molecule has 0 aliphatic rings. The molecule has 0 radical (unpaired) electrons. The van der Waals surface area contributed by atoms with Crippen LogP contribution >= 0.6 is 0 Å². The minimum atomic E-state index is -0.648. The monoisotopic (exact) mass is 290 g/mol. The van der Waals surface area contributed by atoms with Gasteiger partial charge in [-0.25, -0.2) is 0 Å². The zero-order valence-corrected chi connectivity index (χ0v) is 12.4. The molecule has 21 heavy (non-hydrogen) atoms. The van der Waals surface area contributed by atoms with Crippen LogP contribution in [0.4, 0.5) is 0 Å². The van der Waals surface area contributed by atoms with Crippen LogP contribution in [0.25, 0.3) is 10.8 Å². The smallest absolute Gasteiger partial charge is 0.129 e. The van der Waals surface area contributed by atoms with Gasteiger partial charge >= 0.3 is 0 Å². The summed E-state index contributed by atoms with van der Waals surface area (Å²) in [6.07, 6.45) is 1.02. The summed E-state index contributed by atoms with van der Waals surface area (Å²) in [4.78, 5) is 0. The van der Waals surface area contributed by atoms with Crippen molar-refractivity contribution in [1.29, 1.82) is 0 Å². The van der Waals surface area contributed by atoms with Gasteiger partial charge in [-0.15, -0.1) is 0 Å². The van der Waals surface area contributed by atoms with Gasteiger partial charge in [-0.2, -0.15) is 0 Å². The number of benzene rings is 2. The topological polar surface area (TPSA) is 69.9 Å². The molecule has 2 aromatic carbocycles. The molecule has 0 spiro atoms. The zero-order valence-electron chi connectivity index (χ0n) is 12.4.